The average molecular weight is 215 g/mol. The number of carboxylic acid groups (broad SMARTS) is 1. The molecule has 1 saturated heterocycles. The van der Waals surface area contributed by atoms with E-state index in [0.29, 0.717) is 19.4 Å². The Bertz CT molecular complexity index is 228. The van der Waals surface area contributed by atoms with Crippen LogP contribution in [-0.2, 0) is 9.53 Å². The van der Waals surface area contributed by atoms with Crippen LogP contribution in [0.25, 0.3) is 0 Å². The van der Waals surface area contributed by atoms with Crippen LogP contribution in [0, 0.1) is 5.92 Å². The second-order valence-corrected chi connectivity index (χ2v) is 4.89. The van der Waals surface area contributed by atoms with E-state index in [2.05, 4.69) is 0 Å². The number of rotatable bonds is 5. The van der Waals surface area contributed by atoms with Gasteiger partial charge in [-0.25, -0.2) is 0 Å². The molecule has 3 N–H and O–H groups in total. The third kappa shape index (κ3) is 3.80. The van der Waals surface area contributed by atoms with Gasteiger partial charge < -0.3 is 15.6 Å². The minimum Gasteiger partial charge on any atom is -0.481 e. The normalized spacial score (nSPS) is 26.5. The fourth-order valence-electron chi connectivity index (χ4n) is 2.10. The average Bonchev–Trinajstić information content (AvgIpc) is 2.44. The summed E-state index contributed by atoms with van der Waals surface area (Å²) in [5.41, 5.74) is 5.30. The summed E-state index contributed by atoms with van der Waals surface area (Å²) in [7, 11) is 0. The molecule has 0 amide bonds. The number of hydrogen-bond acceptors (Lipinski definition) is 3. The molecule has 0 aliphatic carbocycles. The predicted molar refractivity (Wildman–Crippen MR) is 57.6 cm³/mol. The van der Waals surface area contributed by atoms with E-state index in [4.69, 9.17) is 15.6 Å². The first kappa shape index (κ1) is 12.5. The molecule has 1 fully saturated rings. The van der Waals surface area contributed by atoms with Crippen molar-refractivity contribution < 1.29 is 14.6 Å². The quantitative estimate of drug-likeness (QED) is 0.726. The molecule has 4 heteroatoms. The number of hydrogen-bond donors (Lipinski definition) is 2. The van der Waals surface area contributed by atoms with Crippen molar-refractivity contribution in [2.45, 2.75) is 51.2 Å². The molecule has 0 spiro atoms. The molecule has 0 saturated carbocycles. The third-order valence-corrected chi connectivity index (χ3v) is 2.97. The zero-order chi connectivity index (χ0) is 11.5. The largest absolute Gasteiger partial charge is 0.481 e. The van der Waals surface area contributed by atoms with Gasteiger partial charge in [0.1, 0.15) is 0 Å². The highest BCUT2D eigenvalue weighted by Gasteiger charge is 2.34. The van der Waals surface area contributed by atoms with Crippen molar-refractivity contribution in [1.29, 1.82) is 0 Å². The van der Waals surface area contributed by atoms with Crippen LogP contribution in [0.15, 0.2) is 0 Å². The lowest BCUT2D eigenvalue weighted by Crippen LogP contribution is -2.25. The van der Waals surface area contributed by atoms with Gasteiger partial charge in [-0.3, -0.25) is 4.79 Å². The highest BCUT2D eigenvalue weighted by atomic mass is 16.5. The first-order valence-corrected chi connectivity index (χ1v) is 5.55. The summed E-state index contributed by atoms with van der Waals surface area (Å²) < 4.78 is 5.77. The Labute approximate surface area is 90.8 Å². The first-order chi connectivity index (χ1) is 6.94. The number of nitrogens with two attached hydrogens (primary N) is 1. The van der Waals surface area contributed by atoms with Crippen LogP contribution in [-0.4, -0.2) is 29.3 Å². The summed E-state index contributed by atoms with van der Waals surface area (Å²) in [4.78, 5) is 10.9. The second kappa shape index (κ2) is 4.94. The molecule has 0 aromatic rings. The molecule has 2 atom stereocenters. The van der Waals surface area contributed by atoms with E-state index in [-0.39, 0.29) is 17.6 Å². The Hall–Kier alpha value is -0.610. The maximum Gasteiger partial charge on any atom is 0.306 e. The lowest BCUT2D eigenvalue weighted by atomic mass is 9.96. The highest BCUT2D eigenvalue weighted by molar-refractivity contribution is 5.69. The maximum atomic E-state index is 10.9. The van der Waals surface area contributed by atoms with Gasteiger partial charge in [-0.05, 0) is 46.1 Å². The molecule has 0 radical (unpaired) electrons. The molecule has 15 heavy (non-hydrogen) atoms. The van der Waals surface area contributed by atoms with Crippen molar-refractivity contribution in [3.05, 3.63) is 0 Å². The molecule has 1 heterocycles. The van der Waals surface area contributed by atoms with E-state index in [1.807, 2.05) is 13.8 Å². The Balaban J connectivity index is 2.42. The Kier molecular flexibility index (Phi) is 4.11. The molecule has 0 aromatic carbocycles. The van der Waals surface area contributed by atoms with Crippen LogP contribution < -0.4 is 5.73 Å². The van der Waals surface area contributed by atoms with Gasteiger partial charge >= 0.3 is 5.97 Å². The van der Waals surface area contributed by atoms with Crippen LogP contribution in [0.3, 0.4) is 0 Å². The smallest absolute Gasteiger partial charge is 0.306 e. The van der Waals surface area contributed by atoms with E-state index >= 15 is 0 Å². The van der Waals surface area contributed by atoms with Gasteiger partial charge in [0, 0.05) is 0 Å². The van der Waals surface area contributed by atoms with Crippen molar-refractivity contribution in [1.82, 2.24) is 0 Å². The van der Waals surface area contributed by atoms with Crippen molar-refractivity contribution in [2.75, 3.05) is 6.54 Å². The van der Waals surface area contributed by atoms with Crippen LogP contribution in [0.5, 0.6) is 0 Å². The maximum absolute atomic E-state index is 10.9. The topological polar surface area (TPSA) is 72.6 Å². The fraction of sp³-hybridized carbons (Fsp3) is 0.909. The Morgan fingerprint density at radius 2 is 2.33 bits per heavy atom. The van der Waals surface area contributed by atoms with E-state index in [9.17, 15) is 4.79 Å². The molecule has 4 nitrogen and oxygen atoms in total. The van der Waals surface area contributed by atoms with Crippen LogP contribution >= 0.6 is 0 Å². The van der Waals surface area contributed by atoms with Gasteiger partial charge in [0.05, 0.1) is 17.6 Å². The zero-order valence-electron chi connectivity index (χ0n) is 9.53. The summed E-state index contributed by atoms with van der Waals surface area (Å²) in [6.07, 6.45) is 3.19. The summed E-state index contributed by atoms with van der Waals surface area (Å²) in [5.74, 6) is -1.11. The number of ether oxygens (including phenoxy) is 1. The molecule has 1 rings (SSSR count). The van der Waals surface area contributed by atoms with Gasteiger partial charge in [0.25, 0.3) is 0 Å². The minimum atomic E-state index is -0.756. The van der Waals surface area contributed by atoms with Crippen LogP contribution in [0.1, 0.15) is 39.5 Å². The lowest BCUT2D eigenvalue weighted by Gasteiger charge is -2.21. The molecule has 1 aliphatic rings. The van der Waals surface area contributed by atoms with Crippen molar-refractivity contribution in [2.24, 2.45) is 11.7 Å². The Morgan fingerprint density at radius 3 is 2.73 bits per heavy atom. The number of carboxylic acids is 1. The third-order valence-electron chi connectivity index (χ3n) is 2.97. The van der Waals surface area contributed by atoms with Gasteiger partial charge in [-0.15, -0.1) is 0 Å². The van der Waals surface area contributed by atoms with E-state index in [1.165, 1.54) is 0 Å². The fourth-order valence-corrected chi connectivity index (χ4v) is 2.10. The summed E-state index contributed by atoms with van der Waals surface area (Å²) in [6, 6.07) is 0. The zero-order valence-corrected chi connectivity index (χ0v) is 9.53. The monoisotopic (exact) mass is 215 g/mol. The van der Waals surface area contributed by atoms with Gasteiger partial charge in [0.15, 0.2) is 0 Å². The van der Waals surface area contributed by atoms with Crippen molar-refractivity contribution in [3.63, 3.8) is 0 Å². The molecule has 2 unspecified atom stereocenters. The molecular formula is C11H21NO3. The van der Waals surface area contributed by atoms with Crippen LogP contribution in [0.2, 0.25) is 0 Å². The van der Waals surface area contributed by atoms with Crippen molar-refractivity contribution >= 4 is 5.97 Å². The van der Waals surface area contributed by atoms with E-state index in [1.54, 1.807) is 0 Å². The van der Waals surface area contributed by atoms with E-state index in [0.717, 1.165) is 12.8 Å². The highest BCUT2D eigenvalue weighted by Crippen LogP contribution is 2.32. The van der Waals surface area contributed by atoms with Gasteiger partial charge in [0.2, 0.25) is 0 Å². The second-order valence-electron chi connectivity index (χ2n) is 4.89. The molecular weight excluding hydrogens is 194 g/mol. The summed E-state index contributed by atoms with van der Waals surface area (Å²) in [5, 5.41) is 8.98. The number of aliphatic carboxylic acids is 1. The number of carbonyl (C=O) groups is 1. The molecule has 0 aromatic heterocycles. The van der Waals surface area contributed by atoms with E-state index < -0.39 is 5.97 Å². The summed E-state index contributed by atoms with van der Waals surface area (Å²) in [6.45, 7) is 4.52. The Morgan fingerprint density at radius 1 is 1.67 bits per heavy atom. The SMILES string of the molecule is CC1(C)CCC(CC(CCN)C(=O)O)O1. The van der Waals surface area contributed by atoms with Gasteiger partial charge in [-0.1, -0.05) is 0 Å². The molecule has 1 aliphatic heterocycles. The van der Waals surface area contributed by atoms with Gasteiger partial charge in [-0.2, -0.15) is 0 Å². The predicted octanol–water partition coefficient (Wildman–Crippen LogP) is 1.38. The van der Waals surface area contributed by atoms with Crippen molar-refractivity contribution in [3.8, 4) is 0 Å². The lowest BCUT2D eigenvalue weighted by molar-refractivity contribution is -0.143. The summed E-state index contributed by atoms with van der Waals surface area (Å²) >= 11 is 0. The standard InChI is InChI=1S/C11H21NO3/c1-11(2)5-3-9(15-11)7-8(4-6-12)10(13)14/h8-9H,3-7,12H2,1-2H3,(H,13,14). The first-order valence-electron chi connectivity index (χ1n) is 5.55. The van der Waals surface area contributed by atoms with Crippen LogP contribution in [0.4, 0.5) is 0 Å². The molecule has 88 valence electrons. The molecule has 0 bridgehead atoms. The minimum absolute atomic E-state index is 0.0869.